The smallest absolute Gasteiger partial charge is 0.294 e. The molecule has 0 fully saturated rings. The first-order chi connectivity index (χ1) is 11.3. The number of hydrogen-bond acceptors (Lipinski definition) is 6. The van der Waals surface area contributed by atoms with E-state index < -0.39 is 30.0 Å². The third kappa shape index (κ3) is 4.10. The summed E-state index contributed by atoms with van der Waals surface area (Å²) in [4.78, 5) is -1.16. The molecule has 0 aliphatic heterocycles. The van der Waals surface area contributed by atoms with Gasteiger partial charge in [-0.2, -0.15) is 16.8 Å². The third-order valence-corrected chi connectivity index (χ3v) is 5.57. The van der Waals surface area contributed by atoms with E-state index in [-0.39, 0.29) is 29.0 Å². The Kier molecular flexibility index (Phi) is 4.83. The Morgan fingerprint density at radius 2 is 1.04 bits per heavy atom. The van der Waals surface area contributed by atoms with Gasteiger partial charge in [-0.05, 0) is 36.1 Å². The van der Waals surface area contributed by atoms with Crippen LogP contribution in [0.4, 0.5) is 0 Å². The van der Waals surface area contributed by atoms with Gasteiger partial charge in [-0.25, -0.2) is 0 Å². The Morgan fingerprint density at radius 1 is 0.720 bits per heavy atom. The van der Waals surface area contributed by atoms with Crippen molar-refractivity contribution in [3.8, 4) is 11.5 Å². The van der Waals surface area contributed by atoms with E-state index in [0.717, 1.165) is 12.1 Å². The SMILES string of the molecule is Cc1cc(Cc2cc(C)c(O)cc2S(=O)(=O)O)c(S(=O)(=O)O)cc1O. The minimum Gasteiger partial charge on any atom is -0.508 e. The average Bonchev–Trinajstić information content (AvgIpc) is 2.43. The van der Waals surface area contributed by atoms with Crippen LogP contribution in [0.25, 0.3) is 0 Å². The second-order valence-corrected chi connectivity index (χ2v) is 8.40. The number of aryl methyl sites for hydroxylation is 2. The molecule has 0 spiro atoms. The number of rotatable bonds is 4. The van der Waals surface area contributed by atoms with Crippen molar-refractivity contribution in [3.05, 3.63) is 46.5 Å². The van der Waals surface area contributed by atoms with Crippen LogP contribution in [0.3, 0.4) is 0 Å². The minimum atomic E-state index is -4.68. The lowest BCUT2D eigenvalue weighted by Gasteiger charge is -2.13. The molecule has 2 aromatic carbocycles. The molecule has 2 rings (SSSR count). The summed E-state index contributed by atoms with van der Waals surface area (Å²) < 4.78 is 64.9. The van der Waals surface area contributed by atoms with E-state index in [1.54, 1.807) is 0 Å². The normalized spacial score (nSPS) is 12.3. The predicted molar refractivity (Wildman–Crippen MR) is 88.1 cm³/mol. The summed E-state index contributed by atoms with van der Waals surface area (Å²) in [5.41, 5.74) is 0.665. The molecule has 4 N–H and O–H groups in total. The van der Waals surface area contributed by atoms with Crippen LogP contribution in [0, 0.1) is 13.8 Å². The molecule has 2 aromatic rings. The lowest BCUT2D eigenvalue weighted by atomic mass is 10.0. The average molecular weight is 388 g/mol. The lowest BCUT2D eigenvalue weighted by molar-refractivity contribution is 0.461. The van der Waals surface area contributed by atoms with Gasteiger partial charge < -0.3 is 10.2 Å². The van der Waals surface area contributed by atoms with E-state index in [4.69, 9.17) is 0 Å². The summed E-state index contributed by atoms with van der Waals surface area (Å²) in [5, 5.41) is 19.3. The molecule has 0 unspecified atom stereocenters. The molecular weight excluding hydrogens is 372 g/mol. The van der Waals surface area contributed by atoms with Crippen LogP contribution < -0.4 is 0 Å². The molecule has 0 aliphatic carbocycles. The van der Waals surface area contributed by atoms with Gasteiger partial charge in [-0.3, -0.25) is 9.11 Å². The predicted octanol–water partition coefficient (Wildman–Crippen LogP) is 1.80. The largest absolute Gasteiger partial charge is 0.508 e. The number of aromatic hydroxyl groups is 2. The first kappa shape index (κ1) is 19.2. The molecule has 0 saturated carbocycles. The zero-order valence-electron chi connectivity index (χ0n) is 13.3. The number of hydrogen-bond donors (Lipinski definition) is 4. The molecule has 8 nitrogen and oxygen atoms in total. The maximum Gasteiger partial charge on any atom is 0.294 e. The van der Waals surface area contributed by atoms with Gasteiger partial charge in [0.1, 0.15) is 21.3 Å². The van der Waals surface area contributed by atoms with Crippen LogP contribution in [-0.2, 0) is 26.7 Å². The van der Waals surface area contributed by atoms with Crippen molar-refractivity contribution in [1.82, 2.24) is 0 Å². The lowest BCUT2D eigenvalue weighted by Crippen LogP contribution is -2.08. The summed E-state index contributed by atoms with van der Waals surface area (Å²) in [6.07, 6.45) is -0.285. The van der Waals surface area contributed by atoms with E-state index in [0.29, 0.717) is 11.1 Å². The van der Waals surface area contributed by atoms with Crippen LogP contribution in [0.5, 0.6) is 11.5 Å². The summed E-state index contributed by atoms with van der Waals surface area (Å²) >= 11 is 0. The van der Waals surface area contributed by atoms with Gasteiger partial charge in [0.2, 0.25) is 0 Å². The second-order valence-electron chi connectivity index (χ2n) is 5.62. The van der Waals surface area contributed by atoms with Gasteiger partial charge in [0, 0.05) is 18.6 Å². The van der Waals surface area contributed by atoms with Crippen molar-refractivity contribution in [2.24, 2.45) is 0 Å². The standard InChI is InChI=1S/C15H16O8S2/c1-8-3-10(14(6-12(8)16)24(18,19)20)5-11-4-9(2)13(17)7-15(11)25(21,22)23/h3-4,6-7,16-17H,5H2,1-2H3,(H,18,19,20)(H,21,22,23). The van der Waals surface area contributed by atoms with Crippen molar-refractivity contribution in [2.75, 3.05) is 0 Å². The van der Waals surface area contributed by atoms with E-state index >= 15 is 0 Å². The summed E-state index contributed by atoms with van der Waals surface area (Å²) in [6, 6.07) is 4.30. The highest BCUT2D eigenvalue weighted by Gasteiger charge is 2.22. The Morgan fingerprint density at radius 3 is 1.32 bits per heavy atom. The molecule has 0 bridgehead atoms. The zero-order chi connectivity index (χ0) is 19.2. The maximum absolute atomic E-state index is 11.5. The van der Waals surface area contributed by atoms with Crippen LogP contribution in [0.15, 0.2) is 34.1 Å². The van der Waals surface area contributed by atoms with Crippen molar-refractivity contribution in [3.63, 3.8) is 0 Å². The summed E-state index contributed by atoms with van der Waals surface area (Å²) in [7, 11) is -9.36. The number of phenolic OH excluding ortho intramolecular Hbond substituents is 2. The topological polar surface area (TPSA) is 149 Å². The molecule has 0 saturated heterocycles. The first-order valence-corrected chi connectivity index (χ1v) is 9.78. The monoisotopic (exact) mass is 388 g/mol. The van der Waals surface area contributed by atoms with Crippen LogP contribution in [0.1, 0.15) is 22.3 Å². The van der Waals surface area contributed by atoms with Crippen molar-refractivity contribution < 1.29 is 36.2 Å². The van der Waals surface area contributed by atoms with Crippen LogP contribution >= 0.6 is 0 Å². The fourth-order valence-electron chi connectivity index (χ4n) is 2.44. The molecule has 0 atom stereocenters. The van der Waals surface area contributed by atoms with Crippen molar-refractivity contribution in [1.29, 1.82) is 0 Å². The Balaban J connectivity index is 2.73. The van der Waals surface area contributed by atoms with Crippen LogP contribution in [-0.4, -0.2) is 36.2 Å². The zero-order valence-corrected chi connectivity index (χ0v) is 14.9. The van der Waals surface area contributed by atoms with Gasteiger partial charge in [0.15, 0.2) is 0 Å². The molecule has 0 aromatic heterocycles. The molecule has 0 radical (unpaired) electrons. The second kappa shape index (κ2) is 6.30. The molecular formula is C15H16O8S2. The summed E-state index contributed by atoms with van der Waals surface area (Å²) in [6.45, 7) is 3.00. The van der Waals surface area contributed by atoms with Crippen LogP contribution in [0.2, 0.25) is 0 Å². The molecule has 25 heavy (non-hydrogen) atoms. The van der Waals surface area contributed by atoms with E-state index in [1.807, 2.05) is 0 Å². The Bertz CT molecular complexity index is 968. The molecule has 0 amide bonds. The third-order valence-electron chi connectivity index (χ3n) is 3.69. The highest BCUT2D eigenvalue weighted by atomic mass is 32.2. The maximum atomic E-state index is 11.5. The molecule has 136 valence electrons. The van der Waals surface area contributed by atoms with Gasteiger partial charge in [0.25, 0.3) is 20.2 Å². The summed E-state index contributed by atoms with van der Waals surface area (Å²) in [5.74, 6) is -0.707. The van der Waals surface area contributed by atoms with E-state index in [9.17, 15) is 36.2 Å². The number of phenols is 2. The Labute approximate surface area is 144 Å². The quantitative estimate of drug-likeness (QED) is 0.579. The van der Waals surface area contributed by atoms with Crippen molar-refractivity contribution in [2.45, 2.75) is 30.1 Å². The Hall–Kier alpha value is -2.14. The first-order valence-electron chi connectivity index (χ1n) is 6.90. The highest BCUT2D eigenvalue weighted by Crippen LogP contribution is 2.31. The molecule has 0 heterocycles. The fourth-order valence-corrected chi connectivity index (χ4v) is 3.88. The highest BCUT2D eigenvalue weighted by molar-refractivity contribution is 7.86. The van der Waals surface area contributed by atoms with Gasteiger partial charge in [-0.1, -0.05) is 12.1 Å². The minimum absolute atomic E-state index is 0.0211. The number of benzene rings is 2. The van der Waals surface area contributed by atoms with E-state index in [1.165, 1.54) is 26.0 Å². The molecule has 0 aliphatic rings. The van der Waals surface area contributed by atoms with Crippen molar-refractivity contribution >= 4 is 20.2 Å². The fraction of sp³-hybridized carbons (Fsp3) is 0.200. The van der Waals surface area contributed by atoms with Gasteiger partial charge in [0.05, 0.1) is 0 Å². The van der Waals surface area contributed by atoms with E-state index in [2.05, 4.69) is 0 Å². The van der Waals surface area contributed by atoms with Gasteiger partial charge in [-0.15, -0.1) is 0 Å². The van der Waals surface area contributed by atoms with Gasteiger partial charge >= 0.3 is 0 Å². The molecule has 10 heteroatoms.